The maximum atomic E-state index is 4.55. The summed E-state index contributed by atoms with van der Waals surface area (Å²) in [5.41, 5.74) is 3.51. The van der Waals surface area contributed by atoms with E-state index in [9.17, 15) is 0 Å². The van der Waals surface area contributed by atoms with E-state index in [4.69, 9.17) is 0 Å². The van der Waals surface area contributed by atoms with Gasteiger partial charge in [-0.25, -0.2) is 4.98 Å². The van der Waals surface area contributed by atoms with Gasteiger partial charge in [0, 0.05) is 42.6 Å². The smallest absolute Gasteiger partial charge is 0.203 e. The Labute approximate surface area is 150 Å². The SMILES string of the molecule is c1ccc(-c2nsc(NCc3ccc(Cn4ccnc4)cc3)n2)cc1. The summed E-state index contributed by atoms with van der Waals surface area (Å²) in [5, 5.41) is 4.18. The van der Waals surface area contributed by atoms with E-state index in [1.54, 1.807) is 6.20 Å². The van der Waals surface area contributed by atoms with Crippen LogP contribution >= 0.6 is 11.5 Å². The highest BCUT2D eigenvalue weighted by Gasteiger charge is 2.05. The number of anilines is 1. The van der Waals surface area contributed by atoms with Crippen molar-refractivity contribution in [1.29, 1.82) is 0 Å². The van der Waals surface area contributed by atoms with Gasteiger partial charge in [0.05, 0.1) is 6.33 Å². The normalized spacial score (nSPS) is 10.7. The van der Waals surface area contributed by atoms with Crippen LogP contribution in [0.15, 0.2) is 73.3 Å². The van der Waals surface area contributed by atoms with Gasteiger partial charge in [-0.2, -0.15) is 9.36 Å². The second kappa shape index (κ2) is 7.27. The lowest BCUT2D eigenvalue weighted by Gasteiger charge is -2.05. The third-order valence-corrected chi connectivity index (χ3v) is 4.52. The average Bonchev–Trinajstić information content (AvgIpc) is 3.34. The Kier molecular flexibility index (Phi) is 4.52. The Balaban J connectivity index is 1.36. The zero-order chi connectivity index (χ0) is 16.9. The molecule has 4 aromatic rings. The van der Waals surface area contributed by atoms with Crippen LogP contribution in [0.2, 0.25) is 0 Å². The number of rotatable bonds is 6. The van der Waals surface area contributed by atoms with Crippen molar-refractivity contribution in [3.8, 4) is 11.4 Å². The van der Waals surface area contributed by atoms with E-state index in [0.29, 0.717) is 0 Å². The molecule has 2 aromatic carbocycles. The van der Waals surface area contributed by atoms with Gasteiger partial charge in [-0.05, 0) is 11.1 Å². The molecule has 0 atom stereocenters. The minimum absolute atomic E-state index is 0.731. The fraction of sp³-hybridized carbons (Fsp3) is 0.105. The molecule has 0 fully saturated rings. The fourth-order valence-corrected chi connectivity index (χ4v) is 3.11. The summed E-state index contributed by atoms with van der Waals surface area (Å²) < 4.78 is 6.47. The van der Waals surface area contributed by atoms with Gasteiger partial charge in [0.2, 0.25) is 5.13 Å². The number of benzene rings is 2. The fourth-order valence-electron chi connectivity index (χ4n) is 2.53. The molecule has 0 saturated heterocycles. The molecule has 0 unspecified atom stereocenters. The van der Waals surface area contributed by atoms with Crippen molar-refractivity contribution >= 4 is 16.7 Å². The summed E-state index contributed by atoms with van der Waals surface area (Å²) in [5.74, 6) is 0.767. The van der Waals surface area contributed by atoms with E-state index < -0.39 is 0 Å². The van der Waals surface area contributed by atoms with Crippen LogP contribution in [-0.4, -0.2) is 18.9 Å². The third-order valence-electron chi connectivity index (χ3n) is 3.85. The van der Waals surface area contributed by atoms with Crippen molar-refractivity contribution in [3.63, 3.8) is 0 Å². The van der Waals surface area contributed by atoms with Crippen LogP contribution in [0.5, 0.6) is 0 Å². The molecule has 0 saturated carbocycles. The minimum atomic E-state index is 0.731. The molecule has 0 aliphatic heterocycles. The molecule has 2 heterocycles. The van der Waals surface area contributed by atoms with E-state index in [1.165, 1.54) is 22.7 Å². The van der Waals surface area contributed by atoms with Crippen LogP contribution in [0, 0.1) is 0 Å². The van der Waals surface area contributed by atoms with Crippen LogP contribution in [0.25, 0.3) is 11.4 Å². The first-order valence-electron chi connectivity index (χ1n) is 8.03. The molecule has 0 bridgehead atoms. The average molecular weight is 347 g/mol. The van der Waals surface area contributed by atoms with E-state index in [2.05, 4.69) is 48.5 Å². The summed E-state index contributed by atoms with van der Waals surface area (Å²) in [6, 6.07) is 18.6. The molecule has 0 radical (unpaired) electrons. The number of imidazole rings is 1. The molecule has 25 heavy (non-hydrogen) atoms. The first kappa shape index (κ1) is 15.5. The second-order valence-corrected chi connectivity index (χ2v) is 6.45. The van der Waals surface area contributed by atoms with Crippen LogP contribution in [-0.2, 0) is 13.1 Å². The highest BCUT2D eigenvalue weighted by Crippen LogP contribution is 2.21. The van der Waals surface area contributed by atoms with E-state index >= 15 is 0 Å². The van der Waals surface area contributed by atoms with Gasteiger partial charge in [0.25, 0.3) is 0 Å². The maximum Gasteiger partial charge on any atom is 0.203 e. The van der Waals surface area contributed by atoms with Gasteiger partial charge in [0.15, 0.2) is 5.82 Å². The van der Waals surface area contributed by atoms with E-state index in [1.807, 2.05) is 42.9 Å². The van der Waals surface area contributed by atoms with Gasteiger partial charge in [-0.15, -0.1) is 0 Å². The minimum Gasteiger partial charge on any atom is -0.356 e. The molecular weight excluding hydrogens is 330 g/mol. The number of hydrogen-bond donors (Lipinski definition) is 1. The molecule has 0 amide bonds. The Bertz CT molecular complexity index is 914. The van der Waals surface area contributed by atoms with Crippen molar-refractivity contribution in [3.05, 3.63) is 84.4 Å². The van der Waals surface area contributed by atoms with Gasteiger partial charge >= 0.3 is 0 Å². The standard InChI is InChI=1S/C19H17N5S/c1-2-4-17(5-3-1)18-22-19(25-23-18)21-12-15-6-8-16(9-7-15)13-24-11-10-20-14-24/h1-11,14H,12-13H2,(H,21,22,23). The van der Waals surface area contributed by atoms with Crippen LogP contribution in [0.1, 0.15) is 11.1 Å². The first-order chi connectivity index (χ1) is 12.4. The van der Waals surface area contributed by atoms with Crippen molar-refractivity contribution in [1.82, 2.24) is 18.9 Å². The summed E-state index contributed by atoms with van der Waals surface area (Å²) >= 11 is 1.39. The lowest BCUT2D eigenvalue weighted by molar-refractivity contribution is 0.797. The second-order valence-electron chi connectivity index (χ2n) is 5.69. The first-order valence-corrected chi connectivity index (χ1v) is 8.81. The van der Waals surface area contributed by atoms with Gasteiger partial charge < -0.3 is 9.88 Å². The Morgan fingerprint density at radius 2 is 1.76 bits per heavy atom. The predicted octanol–water partition coefficient (Wildman–Crippen LogP) is 4.06. The van der Waals surface area contributed by atoms with Crippen LogP contribution < -0.4 is 5.32 Å². The zero-order valence-electron chi connectivity index (χ0n) is 13.5. The maximum absolute atomic E-state index is 4.55. The largest absolute Gasteiger partial charge is 0.356 e. The van der Waals surface area contributed by atoms with Gasteiger partial charge in [-0.1, -0.05) is 54.6 Å². The summed E-state index contributed by atoms with van der Waals surface area (Å²) in [4.78, 5) is 8.61. The molecule has 1 N–H and O–H groups in total. The molecule has 0 aliphatic carbocycles. The molecule has 6 heteroatoms. The number of hydrogen-bond acceptors (Lipinski definition) is 5. The molecule has 2 aromatic heterocycles. The molecular formula is C19H17N5S. The van der Waals surface area contributed by atoms with Gasteiger partial charge in [-0.3, -0.25) is 0 Å². The number of nitrogens with zero attached hydrogens (tertiary/aromatic N) is 4. The Morgan fingerprint density at radius 1 is 0.960 bits per heavy atom. The highest BCUT2D eigenvalue weighted by molar-refractivity contribution is 7.09. The van der Waals surface area contributed by atoms with E-state index in [0.717, 1.165) is 29.6 Å². The molecule has 0 aliphatic rings. The Morgan fingerprint density at radius 3 is 2.52 bits per heavy atom. The summed E-state index contributed by atoms with van der Waals surface area (Å²) in [6.45, 7) is 1.57. The Hall–Kier alpha value is -2.99. The van der Waals surface area contributed by atoms with Gasteiger partial charge in [0.1, 0.15) is 0 Å². The zero-order valence-corrected chi connectivity index (χ0v) is 14.4. The number of nitrogens with one attached hydrogen (secondary N) is 1. The quantitative estimate of drug-likeness (QED) is 0.571. The molecule has 124 valence electrons. The molecule has 0 spiro atoms. The third kappa shape index (κ3) is 3.92. The van der Waals surface area contributed by atoms with Crippen molar-refractivity contribution < 1.29 is 0 Å². The van der Waals surface area contributed by atoms with Crippen molar-refractivity contribution in [2.45, 2.75) is 13.1 Å². The topological polar surface area (TPSA) is 55.6 Å². The van der Waals surface area contributed by atoms with Crippen LogP contribution in [0.3, 0.4) is 0 Å². The summed E-state index contributed by atoms with van der Waals surface area (Å²) in [6.07, 6.45) is 5.59. The molecule has 4 rings (SSSR count). The lowest BCUT2D eigenvalue weighted by atomic mass is 10.1. The van der Waals surface area contributed by atoms with E-state index in [-0.39, 0.29) is 0 Å². The lowest BCUT2D eigenvalue weighted by Crippen LogP contribution is -2.00. The van der Waals surface area contributed by atoms with Crippen molar-refractivity contribution in [2.24, 2.45) is 0 Å². The van der Waals surface area contributed by atoms with Crippen molar-refractivity contribution in [2.75, 3.05) is 5.32 Å². The summed E-state index contributed by atoms with van der Waals surface area (Å²) in [7, 11) is 0. The predicted molar refractivity (Wildman–Crippen MR) is 100 cm³/mol. The van der Waals surface area contributed by atoms with Crippen LogP contribution in [0.4, 0.5) is 5.13 Å². The highest BCUT2D eigenvalue weighted by atomic mass is 32.1. The monoisotopic (exact) mass is 347 g/mol. The molecule has 5 nitrogen and oxygen atoms in total. The number of aromatic nitrogens is 4.